The van der Waals surface area contributed by atoms with Crippen molar-refractivity contribution >= 4 is 51.8 Å². The van der Waals surface area contributed by atoms with Crippen LogP contribution in [0.5, 0.6) is 17.2 Å². The SMILES string of the molecule is COc1ccc(N(C(C)=O)c2cc(N(C(C)=O)c3ccc(OC)cc3)cc(N(C(C)=O)c3ccc(OC)cc3)c2)cc1. The molecule has 0 aliphatic rings. The Morgan fingerprint density at radius 2 is 0.619 bits per heavy atom. The van der Waals surface area contributed by atoms with Crippen LogP contribution in [0.2, 0.25) is 0 Å². The first-order valence-electron chi connectivity index (χ1n) is 13.2. The number of amides is 3. The van der Waals surface area contributed by atoms with Crippen molar-refractivity contribution in [3.63, 3.8) is 0 Å². The number of carbonyl (C=O) groups is 3. The molecule has 0 bridgehead atoms. The number of ether oxygens (including phenoxy) is 3. The molecule has 0 N–H and O–H groups in total. The molecule has 42 heavy (non-hydrogen) atoms. The normalized spacial score (nSPS) is 10.4. The summed E-state index contributed by atoms with van der Waals surface area (Å²) in [5.74, 6) is 1.13. The highest BCUT2D eigenvalue weighted by Gasteiger charge is 2.24. The summed E-state index contributed by atoms with van der Waals surface area (Å²) in [7, 11) is 4.70. The highest BCUT2D eigenvalue weighted by atomic mass is 16.5. The van der Waals surface area contributed by atoms with Gasteiger partial charge in [0.2, 0.25) is 17.7 Å². The maximum absolute atomic E-state index is 13.1. The third kappa shape index (κ3) is 6.36. The van der Waals surface area contributed by atoms with Crippen molar-refractivity contribution in [2.45, 2.75) is 20.8 Å². The number of anilines is 6. The molecule has 0 spiro atoms. The summed E-state index contributed by atoms with van der Waals surface area (Å²) in [5, 5.41) is 0. The van der Waals surface area contributed by atoms with Crippen LogP contribution < -0.4 is 28.9 Å². The lowest BCUT2D eigenvalue weighted by atomic mass is 10.1. The zero-order valence-corrected chi connectivity index (χ0v) is 24.5. The minimum atomic E-state index is -0.263. The summed E-state index contributed by atoms with van der Waals surface area (Å²) < 4.78 is 15.9. The first kappa shape index (κ1) is 29.7. The van der Waals surface area contributed by atoms with Gasteiger partial charge in [-0.15, -0.1) is 0 Å². The Balaban J connectivity index is 1.96. The molecule has 0 heterocycles. The second kappa shape index (κ2) is 12.9. The lowest BCUT2D eigenvalue weighted by Gasteiger charge is -2.29. The van der Waals surface area contributed by atoms with E-state index in [1.54, 1.807) is 112 Å². The van der Waals surface area contributed by atoms with E-state index in [2.05, 4.69) is 0 Å². The van der Waals surface area contributed by atoms with Gasteiger partial charge in [0.15, 0.2) is 0 Å². The number of benzene rings is 4. The average molecular weight is 568 g/mol. The molecule has 216 valence electrons. The second-order valence-corrected chi connectivity index (χ2v) is 9.36. The smallest absolute Gasteiger partial charge is 0.228 e. The number of nitrogens with zero attached hydrogens (tertiary/aromatic N) is 3. The summed E-state index contributed by atoms with van der Waals surface area (Å²) in [4.78, 5) is 43.9. The van der Waals surface area contributed by atoms with Gasteiger partial charge < -0.3 is 14.2 Å². The van der Waals surface area contributed by atoms with E-state index in [-0.39, 0.29) is 17.7 Å². The molecular weight excluding hydrogens is 534 g/mol. The summed E-state index contributed by atoms with van der Waals surface area (Å²) in [6.45, 7) is 4.36. The zero-order valence-electron chi connectivity index (χ0n) is 24.5. The van der Waals surface area contributed by atoms with Gasteiger partial charge in [0, 0.05) is 37.8 Å². The van der Waals surface area contributed by atoms with E-state index >= 15 is 0 Å². The van der Waals surface area contributed by atoms with E-state index in [1.165, 1.54) is 35.5 Å². The fraction of sp³-hybridized carbons (Fsp3) is 0.182. The van der Waals surface area contributed by atoms with Crippen LogP contribution in [-0.4, -0.2) is 39.1 Å². The fourth-order valence-electron chi connectivity index (χ4n) is 4.70. The standard InChI is InChI=1S/C33H33N3O6/c1-22(37)34(25-7-13-31(40-4)14-8-25)28-19-29(35(23(2)38)26-9-15-32(41-5)16-10-26)21-30(20-28)36(24(3)39)27-11-17-33(42-6)18-12-27/h7-21H,1-6H3. The molecule has 9 heteroatoms. The van der Waals surface area contributed by atoms with Gasteiger partial charge >= 0.3 is 0 Å². The molecule has 9 nitrogen and oxygen atoms in total. The van der Waals surface area contributed by atoms with Crippen LogP contribution in [0.1, 0.15) is 20.8 Å². The van der Waals surface area contributed by atoms with Crippen LogP contribution in [-0.2, 0) is 14.4 Å². The molecule has 0 saturated heterocycles. The lowest BCUT2D eigenvalue weighted by molar-refractivity contribution is -0.116. The van der Waals surface area contributed by atoms with E-state index in [0.29, 0.717) is 51.4 Å². The first-order valence-corrected chi connectivity index (χ1v) is 13.2. The summed E-state index contributed by atoms with van der Waals surface area (Å²) in [6, 6.07) is 26.4. The molecule has 0 aromatic heterocycles. The zero-order chi connectivity index (χ0) is 30.4. The predicted octanol–water partition coefficient (Wildman–Crippen LogP) is 6.77. The Bertz CT molecular complexity index is 1370. The second-order valence-electron chi connectivity index (χ2n) is 9.36. The number of carbonyl (C=O) groups excluding carboxylic acids is 3. The van der Waals surface area contributed by atoms with Gasteiger partial charge in [0.25, 0.3) is 0 Å². The molecule has 3 amide bonds. The van der Waals surface area contributed by atoms with E-state index < -0.39 is 0 Å². The third-order valence-electron chi connectivity index (χ3n) is 6.60. The molecule has 0 saturated carbocycles. The van der Waals surface area contributed by atoms with Crippen molar-refractivity contribution in [1.29, 1.82) is 0 Å². The van der Waals surface area contributed by atoms with Gasteiger partial charge in [0.1, 0.15) is 17.2 Å². The van der Waals surface area contributed by atoms with Gasteiger partial charge in [-0.3, -0.25) is 29.1 Å². The van der Waals surface area contributed by atoms with Crippen LogP contribution in [0.3, 0.4) is 0 Å². The van der Waals surface area contributed by atoms with Crippen LogP contribution in [0.4, 0.5) is 34.1 Å². The van der Waals surface area contributed by atoms with Crippen LogP contribution in [0.15, 0.2) is 91.0 Å². The van der Waals surface area contributed by atoms with Gasteiger partial charge in [-0.1, -0.05) is 0 Å². The van der Waals surface area contributed by atoms with Crippen molar-refractivity contribution < 1.29 is 28.6 Å². The number of hydrogen-bond acceptors (Lipinski definition) is 6. The van der Waals surface area contributed by atoms with Gasteiger partial charge in [-0.25, -0.2) is 0 Å². The Hall–Kier alpha value is -5.31. The summed E-state index contributed by atoms with van der Waals surface area (Å²) in [5.41, 5.74) is 3.14. The van der Waals surface area contributed by atoms with Crippen molar-refractivity contribution in [2.24, 2.45) is 0 Å². The predicted molar refractivity (Wildman–Crippen MR) is 164 cm³/mol. The van der Waals surface area contributed by atoms with Gasteiger partial charge in [-0.05, 0) is 91.0 Å². The molecule has 0 aliphatic heterocycles. The minimum absolute atomic E-state index is 0.263. The van der Waals surface area contributed by atoms with Crippen LogP contribution in [0, 0.1) is 0 Å². The highest BCUT2D eigenvalue weighted by Crippen LogP contribution is 2.39. The highest BCUT2D eigenvalue weighted by molar-refractivity contribution is 6.06. The van der Waals surface area contributed by atoms with E-state index in [9.17, 15) is 14.4 Å². The quantitative estimate of drug-likeness (QED) is 0.222. The Kier molecular flexibility index (Phi) is 9.12. The van der Waals surface area contributed by atoms with Crippen molar-refractivity contribution in [2.75, 3.05) is 36.0 Å². The molecule has 0 unspecified atom stereocenters. The number of methoxy groups -OCH3 is 3. The summed E-state index contributed by atoms with van der Waals surface area (Å²) in [6.07, 6.45) is 0. The van der Waals surface area contributed by atoms with Crippen LogP contribution >= 0.6 is 0 Å². The topological polar surface area (TPSA) is 88.6 Å². The monoisotopic (exact) mass is 567 g/mol. The minimum Gasteiger partial charge on any atom is -0.497 e. The summed E-state index contributed by atoms with van der Waals surface area (Å²) >= 11 is 0. The molecule has 0 aliphatic carbocycles. The Morgan fingerprint density at radius 1 is 0.405 bits per heavy atom. The van der Waals surface area contributed by atoms with Crippen molar-refractivity contribution in [3.05, 3.63) is 91.0 Å². The number of hydrogen-bond donors (Lipinski definition) is 0. The Morgan fingerprint density at radius 3 is 0.786 bits per heavy atom. The lowest BCUT2D eigenvalue weighted by Crippen LogP contribution is -2.27. The van der Waals surface area contributed by atoms with E-state index in [1.807, 2.05) is 0 Å². The van der Waals surface area contributed by atoms with Crippen molar-refractivity contribution in [1.82, 2.24) is 0 Å². The van der Waals surface area contributed by atoms with Crippen molar-refractivity contribution in [3.8, 4) is 17.2 Å². The molecule has 4 rings (SSSR count). The molecule has 0 fully saturated rings. The third-order valence-corrected chi connectivity index (χ3v) is 6.60. The average Bonchev–Trinajstić information content (AvgIpc) is 2.98. The molecule has 0 atom stereocenters. The molecule has 4 aromatic carbocycles. The van der Waals surface area contributed by atoms with Crippen LogP contribution in [0.25, 0.3) is 0 Å². The molecular formula is C33H33N3O6. The number of rotatable bonds is 9. The van der Waals surface area contributed by atoms with Gasteiger partial charge in [-0.2, -0.15) is 0 Å². The first-order chi connectivity index (χ1) is 20.2. The Labute approximate surface area is 245 Å². The van der Waals surface area contributed by atoms with Gasteiger partial charge in [0.05, 0.1) is 38.4 Å². The largest absolute Gasteiger partial charge is 0.497 e. The van der Waals surface area contributed by atoms with E-state index in [4.69, 9.17) is 14.2 Å². The fourth-order valence-corrected chi connectivity index (χ4v) is 4.70. The maximum atomic E-state index is 13.1. The van der Waals surface area contributed by atoms with E-state index in [0.717, 1.165) is 0 Å². The molecule has 0 radical (unpaired) electrons. The maximum Gasteiger partial charge on any atom is 0.228 e. The molecule has 4 aromatic rings.